The summed E-state index contributed by atoms with van der Waals surface area (Å²) in [7, 11) is 1.59. The van der Waals surface area contributed by atoms with Crippen molar-refractivity contribution in [3.8, 4) is 0 Å². The number of hydrogen-bond donors (Lipinski definition) is 1. The van der Waals surface area contributed by atoms with Crippen molar-refractivity contribution in [3.05, 3.63) is 30.1 Å². The zero-order valence-corrected chi connectivity index (χ0v) is 14.9. The van der Waals surface area contributed by atoms with E-state index >= 15 is 0 Å². The Bertz CT molecular complexity index is 760. The highest BCUT2D eigenvalue weighted by Gasteiger charge is 2.23. The molecule has 1 aliphatic heterocycles. The van der Waals surface area contributed by atoms with Crippen molar-refractivity contribution in [3.63, 3.8) is 0 Å². The lowest BCUT2D eigenvalue weighted by Crippen LogP contribution is -2.39. The maximum atomic E-state index is 12.8. The van der Waals surface area contributed by atoms with Gasteiger partial charge in [-0.05, 0) is 24.6 Å². The number of fused-ring (bicyclic) bond motifs is 1. The second-order valence-electron chi connectivity index (χ2n) is 6.21. The maximum absolute atomic E-state index is 12.8. The summed E-state index contributed by atoms with van der Waals surface area (Å²) >= 11 is 0. The van der Waals surface area contributed by atoms with Gasteiger partial charge in [-0.25, -0.2) is 4.98 Å². The van der Waals surface area contributed by atoms with Crippen LogP contribution in [0, 0.1) is 0 Å². The third-order valence-electron chi connectivity index (χ3n) is 4.46. The number of aromatic nitrogens is 2. The quantitative estimate of drug-likeness (QED) is 0.774. The normalized spacial score (nSPS) is 15.3. The number of imidazole rings is 1. The summed E-state index contributed by atoms with van der Waals surface area (Å²) in [4.78, 5) is 35.8. The summed E-state index contributed by atoms with van der Waals surface area (Å²) in [6.45, 7) is 3.22. The summed E-state index contributed by atoms with van der Waals surface area (Å²) in [5.74, 6) is -0.0681. The van der Waals surface area contributed by atoms with Crippen molar-refractivity contribution in [2.24, 2.45) is 0 Å². The summed E-state index contributed by atoms with van der Waals surface area (Å²) in [5, 5.41) is 0. The van der Waals surface area contributed by atoms with E-state index in [4.69, 9.17) is 9.47 Å². The molecule has 0 unspecified atom stereocenters. The molecule has 0 aliphatic carbocycles. The van der Waals surface area contributed by atoms with Crippen LogP contribution in [0.1, 0.15) is 16.8 Å². The van der Waals surface area contributed by atoms with E-state index in [9.17, 15) is 9.59 Å². The molecule has 1 aliphatic rings. The van der Waals surface area contributed by atoms with E-state index in [1.54, 1.807) is 29.3 Å². The van der Waals surface area contributed by atoms with Gasteiger partial charge in [0.05, 0.1) is 30.6 Å². The first-order valence-corrected chi connectivity index (χ1v) is 8.76. The van der Waals surface area contributed by atoms with Gasteiger partial charge in [-0.3, -0.25) is 9.59 Å². The largest absolute Gasteiger partial charge is 0.382 e. The Morgan fingerprint density at radius 1 is 1.15 bits per heavy atom. The van der Waals surface area contributed by atoms with E-state index < -0.39 is 0 Å². The monoisotopic (exact) mass is 360 g/mol. The van der Waals surface area contributed by atoms with Gasteiger partial charge in [0.25, 0.3) is 5.91 Å². The van der Waals surface area contributed by atoms with Gasteiger partial charge in [0.1, 0.15) is 6.61 Å². The van der Waals surface area contributed by atoms with Crippen LogP contribution in [0.3, 0.4) is 0 Å². The minimum atomic E-state index is -0.0470. The number of methoxy groups -OCH3 is 1. The number of amides is 2. The van der Waals surface area contributed by atoms with Crippen LogP contribution in [-0.4, -0.2) is 84.7 Å². The fourth-order valence-electron chi connectivity index (χ4n) is 3.01. The van der Waals surface area contributed by atoms with Crippen molar-refractivity contribution >= 4 is 22.8 Å². The molecule has 140 valence electrons. The minimum Gasteiger partial charge on any atom is -0.382 e. The minimum absolute atomic E-state index is 0.0212. The van der Waals surface area contributed by atoms with E-state index in [2.05, 4.69) is 9.97 Å². The molecule has 1 aromatic carbocycles. The Balaban J connectivity index is 1.55. The van der Waals surface area contributed by atoms with Gasteiger partial charge in [0.2, 0.25) is 5.91 Å². The topological polar surface area (TPSA) is 87.8 Å². The summed E-state index contributed by atoms with van der Waals surface area (Å²) < 4.78 is 10.2. The van der Waals surface area contributed by atoms with Gasteiger partial charge >= 0.3 is 0 Å². The number of hydrogen-bond acceptors (Lipinski definition) is 5. The van der Waals surface area contributed by atoms with E-state index in [0.717, 1.165) is 17.5 Å². The highest BCUT2D eigenvalue weighted by Crippen LogP contribution is 2.15. The number of rotatable bonds is 6. The Hall–Kier alpha value is -2.45. The van der Waals surface area contributed by atoms with Crippen LogP contribution in [0.15, 0.2) is 24.5 Å². The van der Waals surface area contributed by atoms with E-state index in [1.807, 2.05) is 12.1 Å². The van der Waals surface area contributed by atoms with Crippen molar-refractivity contribution < 1.29 is 19.1 Å². The highest BCUT2D eigenvalue weighted by molar-refractivity contribution is 5.97. The van der Waals surface area contributed by atoms with Crippen LogP contribution in [0.5, 0.6) is 0 Å². The van der Waals surface area contributed by atoms with Crippen LogP contribution in [0.25, 0.3) is 11.0 Å². The number of benzene rings is 1. The first kappa shape index (κ1) is 18.3. The number of aromatic amines is 1. The van der Waals surface area contributed by atoms with E-state index in [-0.39, 0.29) is 18.4 Å². The number of nitrogens with zero attached hydrogens (tertiary/aromatic N) is 3. The number of nitrogens with one attached hydrogen (secondary N) is 1. The molecule has 1 fully saturated rings. The fraction of sp³-hybridized carbons (Fsp3) is 0.500. The summed E-state index contributed by atoms with van der Waals surface area (Å²) in [6.07, 6.45) is 2.37. The Labute approximate surface area is 152 Å². The van der Waals surface area contributed by atoms with Crippen LogP contribution in [-0.2, 0) is 14.3 Å². The molecular weight excluding hydrogens is 336 g/mol. The molecule has 3 rings (SSSR count). The van der Waals surface area contributed by atoms with Crippen molar-refractivity contribution in [1.82, 2.24) is 19.8 Å². The molecule has 8 heteroatoms. The molecule has 1 aromatic heterocycles. The molecule has 2 aromatic rings. The lowest BCUT2D eigenvalue weighted by Gasteiger charge is -2.22. The van der Waals surface area contributed by atoms with Crippen molar-refractivity contribution in [2.75, 3.05) is 53.1 Å². The third kappa shape index (κ3) is 4.39. The van der Waals surface area contributed by atoms with Crippen LogP contribution < -0.4 is 0 Å². The first-order valence-electron chi connectivity index (χ1n) is 8.76. The maximum Gasteiger partial charge on any atom is 0.253 e. The zero-order valence-electron chi connectivity index (χ0n) is 14.9. The predicted octanol–water partition coefficient (Wildman–Crippen LogP) is 0.900. The third-order valence-corrected chi connectivity index (χ3v) is 4.46. The van der Waals surface area contributed by atoms with Crippen molar-refractivity contribution in [2.45, 2.75) is 6.42 Å². The average molecular weight is 360 g/mol. The summed E-state index contributed by atoms with van der Waals surface area (Å²) in [5.41, 5.74) is 2.31. The van der Waals surface area contributed by atoms with E-state index in [1.165, 1.54) is 0 Å². The number of carbonyl (C=O) groups excluding carboxylic acids is 2. The van der Waals surface area contributed by atoms with Gasteiger partial charge in [-0.15, -0.1) is 0 Å². The Kier molecular flexibility index (Phi) is 6.19. The lowest BCUT2D eigenvalue weighted by molar-refractivity contribution is -0.136. The first-order chi connectivity index (χ1) is 12.7. The molecule has 2 amide bonds. The van der Waals surface area contributed by atoms with Gasteiger partial charge in [-0.2, -0.15) is 0 Å². The standard InChI is InChI=1S/C18H24N4O4/c1-25-9-10-26-12-17(23)21-5-2-6-22(8-7-21)18(24)14-3-4-15-16(11-14)20-13-19-15/h3-4,11,13H,2,5-10,12H2,1H3,(H,19,20). The molecule has 0 atom stereocenters. The second-order valence-corrected chi connectivity index (χ2v) is 6.21. The van der Waals surface area contributed by atoms with Crippen molar-refractivity contribution in [1.29, 1.82) is 0 Å². The highest BCUT2D eigenvalue weighted by atomic mass is 16.5. The average Bonchev–Trinajstić information content (AvgIpc) is 2.99. The lowest BCUT2D eigenvalue weighted by atomic mass is 10.1. The number of H-pyrrole nitrogens is 1. The zero-order chi connectivity index (χ0) is 18.4. The van der Waals surface area contributed by atoms with Crippen LogP contribution in [0.4, 0.5) is 0 Å². The molecule has 26 heavy (non-hydrogen) atoms. The Morgan fingerprint density at radius 3 is 2.81 bits per heavy atom. The number of carbonyl (C=O) groups is 2. The molecule has 0 saturated carbocycles. The molecule has 1 saturated heterocycles. The molecule has 2 heterocycles. The predicted molar refractivity (Wildman–Crippen MR) is 95.9 cm³/mol. The molecule has 8 nitrogen and oxygen atoms in total. The van der Waals surface area contributed by atoms with Gasteiger partial charge in [0, 0.05) is 38.9 Å². The molecule has 1 N–H and O–H groups in total. The fourth-order valence-corrected chi connectivity index (χ4v) is 3.01. The SMILES string of the molecule is COCCOCC(=O)N1CCCN(C(=O)c2ccc3nc[nH]c3c2)CC1. The smallest absolute Gasteiger partial charge is 0.253 e. The molecule has 0 radical (unpaired) electrons. The summed E-state index contributed by atoms with van der Waals surface area (Å²) in [6, 6.07) is 5.45. The Morgan fingerprint density at radius 2 is 1.96 bits per heavy atom. The van der Waals surface area contributed by atoms with Crippen LogP contribution >= 0.6 is 0 Å². The second kappa shape index (κ2) is 8.77. The molecular formula is C18H24N4O4. The number of ether oxygens (including phenoxy) is 2. The molecule has 0 bridgehead atoms. The van der Waals surface area contributed by atoms with E-state index in [0.29, 0.717) is 45.0 Å². The van der Waals surface area contributed by atoms with Gasteiger partial charge in [-0.1, -0.05) is 0 Å². The van der Waals surface area contributed by atoms with Gasteiger partial charge in [0.15, 0.2) is 0 Å². The van der Waals surface area contributed by atoms with Gasteiger partial charge < -0.3 is 24.3 Å². The molecule has 0 spiro atoms. The van der Waals surface area contributed by atoms with Crippen LogP contribution in [0.2, 0.25) is 0 Å².